The van der Waals surface area contributed by atoms with E-state index in [0.29, 0.717) is 27.8 Å². The highest BCUT2D eigenvalue weighted by molar-refractivity contribution is 8.00. The quantitative estimate of drug-likeness (QED) is 0.773. The molecule has 3 heterocycles. The average Bonchev–Trinajstić information content (AvgIpc) is 2.99. The van der Waals surface area contributed by atoms with Crippen molar-refractivity contribution in [1.29, 1.82) is 0 Å². The largest absolute Gasteiger partial charge is 0.299 e. The van der Waals surface area contributed by atoms with Crippen LogP contribution in [0.25, 0.3) is 6.58 Å². The van der Waals surface area contributed by atoms with Crippen LogP contribution in [0.2, 0.25) is 0 Å². The van der Waals surface area contributed by atoms with E-state index < -0.39 is 0 Å². The molecule has 0 aliphatic carbocycles. The highest BCUT2D eigenvalue weighted by atomic mass is 32.2. The van der Waals surface area contributed by atoms with Gasteiger partial charge in [0.25, 0.3) is 5.91 Å². The number of benzene rings is 1. The van der Waals surface area contributed by atoms with Gasteiger partial charge in [-0.3, -0.25) is 14.4 Å². The summed E-state index contributed by atoms with van der Waals surface area (Å²) in [6.45, 7) is 9.19. The first-order valence-electron chi connectivity index (χ1n) is 9.61. The Balaban J connectivity index is 1.31. The lowest BCUT2D eigenvalue weighted by Crippen LogP contribution is -2.36. The number of aliphatic imine (C=N–C) groups is 1. The van der Waals surface area contributed by atoms with Crippen molar-refractivity contribution in [3.05, 3.63) is 51.8 Å². The number of carbonyl (C=O) groups is 1. The maximum atomic E-state index is 12.2. The van der Waals surface area contributed by atoms with Crippen LogP contribution in [0.1, 0.15) is 34.5 Å². The smallest absolute Gasteiger partial charge is 0.280 e. The van der Waals surface area contributed by atoms with Crippen LogP contribution in [-0.2, 0) is 13.6 Å². The van der Waals surface area contributed by atoms with Crippen molar-refractivity contribution >= 4 is 30.1 Å². The fraction of sp³-hybridized carbons (Fsp3) is 0.429. The van der Waals surface area contributed by atoms with Crippen molar-refractivity contribution in [2.24, 2.45) is 17.0 Å². The molecule has 1 fully saturated rings. The number of likely N-dealkylation sites (tertiary alicyclic amines) is 1. The second-order valence-corrected chi connectivity index (χ2v) is 8.75. The number of fused-ring (bicyclic) bond motifs is 1. The molecule has 6 nitrogen and oxygen atoms in total. The Bertz CT molecular complexity index is 1030. The van der Waals surface area contributed by atoms with Crippen LogP contribution < -0.4 is 10.6 Å². The fourth-order valence-corrected chi connectivity index (χ4v) is 4.82. The Morgan fingerprint density at radius 1 is 1.25 bits per heavy atom. The van der Waals surface area contributed by atoms with Crippen LogP contribution in [-0.4, -0.2) is 50.5 Å². The van der Waals surface area contributed by atoms with Crippen LogP contribution in [0, 0.1) is 6.92 Å². The molecule has 2 aliphatic heterocycles. The van der Waals surface area contributed by atoms with Crippen LogP contribution in [0.15, 0.2) is 34.4 Å². The minimum atomic E-state index is -0.201. The summed E-state index contributed by atoms with van der Waals surface area (Å²) in [7, 11) is 1.97. The highest BCUT2D eigenvalue weighted by Crippen LogP contribution is 2.25. The summed E-state index contributed by atoms with van der Waals surface area (Å²) in [5, 5.41) is 6.47. The molecule has 4 rings (SSSR count). The third kappa shape index (κ3) is 4.10. The van der Waals surface area contributed by atoms with Gasteiger partial charge in [0.1, 0.15) is 5.84 Å². The van der Waals surface area contributed by atoms with E-state index in [1.54, 1.807) is 6.07 Å². The predicted molar refractivity (Wildman–Crippen MR) is 113 cm³/mol. The molecular formula is C21H25N5OS. The van der Waals surface area contributed by atoms with E-state index in [-0.39, 0.29) is 5.91 Å². The molecule has 7 heteroatoms. The van der Waals surface area contributed by atoms with Crippen molar-refractivity contribution in [3.8, 4) is 0 Å². The van der Waals surface area contributed by atoms with Gasteiger partial charge in [-0.2, -0.15) is 21.9 Å². The maximum Gasteiger partial charge on any atom is 0.280 e. The Morgan fingerprint density at radius 3 is 2.75 bits per heavy atom. The second-order valence-electron chi connectivity index (χ2n) is 7.46. The van der Waals surface area contributed by atoms with E-state index in [2.05, 4.69) is 39.7 Å². The van der Waals surface area contributed by atoms with Crippen molar-refractivity contribution in [1.82, 2.24) is 14.7 Å². The molecule has 0 N–H and O–H groups in total. The van der Waals surface area contributed by atoms with Gasteiger partial charge in [0.2, 0.25) is 0 Å². The number of amides is 1. The number of piperidine rings is 1. The Labute approximate surface area is 169 Å². The number of hydrogen-bond donors (Lipinski definition) is 0. The molecule has 1 amide bonds. The number of nitrogens with zero attached hydrogens (tertiary/aromatic N) is 5. The van der Waals surface area contributed by atoms with E-state index in [1.165, 1.54) is 5.56 Å². The first-order chi connectivity index (χ1) is 13.5. The van der Waals surface area contributed by atoms with E-state index in [0.717, 1.165) is 43.4 Å². The van der Waals surface area contributed by atoms with Gasteiger partial charge < -0.3 is 0 Å². The van der Waals surface area contributed by atoms with Gasteiger partial charge in [0.05, 0.1) is 22.4 Å². The number of rotatable bonds is 5. The summed E-state index contributed by atoms with van der Waals surface area (Å²) < 4.78 is 1.89. The lowest BCUT2D eigenvalue weighted by atomic mass is 10.1. The first-order valence-corrected chi connectivity index (χ1v) is 10.7. The molecule has 0 spiro atoms. The molecule has 0 radical (unpaired) electrons. The topological polar surface area (TPSA) is 62.9 Å². The summed E-state index contributed by atoms with van der Waals surface area (Å²) in [5.74, 6) is 1.09. The number of amidine groups is 1. The molecule has 1 aromatic carbocycles. The molecule has 1 aromatic heterocycles. The Kier molecular flexibility index (Phi) is 5.46. The fourth-order valence-electron chi connectivity index (χ4n) is 3.76. The van der Waals surface area contributed by atoms with Crippen LogP contribution >= 0.6 is 11.8 Å². The maximum absolute atomic E-state index is 12.2. The summed E-state index contributed by atoms with van der Waals surface area (Å²) in [4.78, 5) is 23.5. The van der Waals surface area contributed by atoms with Crippen LogP contribution in [0.4, 0.5) is 0 Å². The van der Waals surface area contributed by atoms with Gasteiger partial charge >= 0.3 is 0 Å². The minimum Gasteiger partial charge on any atom is -0.299 e. The summed E-state index contributed by atoms with van der Waals surface area (Å²) in [6, 6.07) is 5.47. The van der Waals surface area contributed by atoms with E-state index >= 15 is 0 Å². The first kappa shape index (κ1) is 19.1. The second kappa shape index (κ2) is 8.01. The third-order valence-corrected chi connectivity index (χ3v) is 6.68. The number of hydrogen-bond acceptors (Lipinski definition) is 5. The van der Waals surface area contributed by atoms with Crippen molar-refractivity contribution in [2.75, 3.05) is 18.8 Å². The van der Waals surface area contributed by atoms with E-state index in [9.17, 15) is 4.79 Å². The lowest BCUT2D eigenvalue weighted by molar-refractivity contribution is 0.1000. The normalized spacial score (nSPS) is 17.9. The zero-order valence-corrected chi connectivity index (χ0v) is 17.2. The van der Waals surface area contributed by atoms with Crippen LogP contribution in [0.5, 0.6) is 0 Å². The monoisotopic (exact) mass is 395 g/mol. The summed E-state index contributed by atoms with van der Waals surface area (Å²) in [6.07, 6.45) is 4.40. The zero-order valence-electron chi connectivity index (χ0n) is 16.4. The molecule has 2 aliphatic rings. The molecule has 0 unspecified atom stereocenters. The van der Waals surface area contributed by atoms with Gasteiger partial charge in [0, 0.05) is 30.6 Å². The van der Waals surface area contributed by atoms with Gasteiger partial charge in [-0.25, -0.2) is 4.99 Å². The average molecular weight is 396 g/mol. The van der Waals surface area contributed by atoms with E-state index in [4.69, 9.17) is 0 Å². The van der Waals surface area contributed by atoms with Crippen molar-refractivity contribution in [2.45, 2.75) is 31.6 Å². The molecule has 28 heavy (non-hydrogen) atoms. The lowest BCUT2D eigenvalue weighted by Gasteiger charge is -2.31. The molecular weight excluding hydrogens is 370 g/mol. The van der Waals surface area contributed by atoms with Crippen molar-refractivity contribution in [3.63, 3.8) is 0 Å². The van der Waals surface area contributed by atoms with Gasteiger partial charge in [-0.1, -0.05) is 18.7 Å². The Hall–Kier alpha value is -2.25. The molecule has 0 atom stereocenters. The number of aryl methyl sites for hydroxylation is 2. The van der Waals surface area contributed by atoms with Crippen LogP contribution in [0.3, 0.4) is 0 Å². The SMILES string of the molecule is C=c1cccc2c1=NC(CSC1CCN(Cc3cn(C)nc3C)CC1)=NC2=O. The molecule has 0 saturated carbocycles. The summed E-state index contributed by atoms with van der Waals surface area (Å²) >= 11 is 1.86. The number of carbonyl (C=O) groups excluding carboxylic acids is 1. The predicted octanol–water partition coefficient (Wildman–Crippen LogP) is 1.71. The number of para-hydroxylation sites is 1. The van der Waals surface area contributed by atoms with Gasteiger partial charge in [-0.05, 0) is 44.1 Å². The number of aromatic nitrogens is 2. The Morgan fingerprint density at radius 2 is 2.04 bits per heavy atom. The minimum absolute atomic E-state index is 0.201. The number of thioether (sulfide) groups is 1. The standard InChI is InChI=1S/C21H25N5OS/c1-14-5-4-6-18-20(14)22-19(23-21(18)27)13-28-17-7-9-26(10-8-17)12-16-11-25(3)24-15(16)2/h4-6,11,17H,1,7-10,12-13H2,2-3H3. The highest BCUT2D eigenvalue weighted by Gasteiger charge is 2.22. The molecule has 146 valence electrons. The van der Waals surface area contributed by atoms with Gasteiger partial charge in [-0.15, -0.1) is 0 Å². The molecule has 0 bridgehead atoms. The third-order valence-electron chi connectivity index (χ3n) is 5.31. The molecule has 2 aromatic rings. The van der Waals surface area contributed by atoms with E-state index in [1.807, 2.05) is 35.6 Å². The van der Waals surface area contributed by atoms with Gasteiger partial charge in [0.15, 0.2) is 0 Å². The zero-order chi connectivity index (χ0) is 19.7. The summed E-state index contributed by atoms with van der Waals surface area (Å²) in [5.41, 5.74) is 2.98. The van der Waals surface area contributed by atoms with Crippen molar-refractivity contribution < 1.29 is 4.79 Å². The molecule has 1 saturated heterocycles.